The number of halogens is 1. The van der Waals surface area contributed by atoms with Gasteiger partial charge in [-0.15, -0.1) is 0 Å². The molecule has 1 heterocycles. The van der Waals surface area contributed by atoms with Gasteiger partial charge in [0.25, 0.3) is 5.91 Å². The molecule has 0 spiro atoms. The van der Waals surface area contributed by atoms with E-state index in [0.717, 1.165) is 17.7 Å². The van der Waals surface area contributed by atoms with E-state index in [9.17, 15) is 9.90 Å². The smallest absolute Gasteiger partial charge is 0.255 e. The van der Waals surface area contributed by atoms with Gasteiger partial charge in [0.15, 0.2) is 6.61 Å². The van der Waals surface area contributed by atoms with Crippen molar-refractivity contribution < 1.29 is 19.4 Å². The minimum Gasteiger partial charge on any atom is -0.482 e. The van der Waals surface area contributed by atoms with Crippen LogP contribution in [0.3, 0.4) is 0 Å². The van der Waals surface area contributed by atoms with E-state index in [2.05, 4.69) is 4.90 Å². The van der Waals surface area contributed by atoms with E-state index in [4.69, 9.17) is 26.8 Å². The van der Waals surface area contributed by atoms with Gasteiger partial charge in [-0.2, -0.15) is 0 Å². The Hall–Kier alpha value is -2.12. The zero-order valence-electron chi connectivity index (χ0n) is 14.9. The number of hydrogen-bond donors (Lipinski definition) is 2. The highest BCUT2D eigenvalue weighted by atomic mass is 35.5. The van der Waals surface area contributed by atoms with Crippen LogP contribution < -0.4 is 10.5 Å². The summed E-state index contributed by atoms with van der Waals surface area (Å²) >= 11 is 6.28. The van der Waals surface area contributed by atoms with Crippen molar-refractivity contribution in [2.24, 2.45) is 5.73 Å². The Morgan fingerprint density at radius 3 is 2.74 bits per heavy atom. The second-order valence-electron chi connectivity index (χ2n) is 6.44. The SMILES string of the molecule is NC(=O)COc1ccc(CN2CCO[C@H](CO)[C@H]2c2ccccc2)cc1Cl. The molecule has 0 aromatic heterocycles. The number of amides is 1. The molecule has 0 radical (unpaired) electrons. The van der Waals surface area contributed by atoms with Crippen molar-refractivity contribution in [2.75, 3.05) is 26.4 Å². The molecule has 0 unspecified atom stereocenters. The van der Waals surface area contributed by atoms with E-state index in [0.29, 0.717) is 23.9 Å². The lowest BCUT2D eigenvalue weighted by Crippen LogP contribution is -2.46. The number of rotatable bonds is 7. The van der Waals surface area contributed by atoms with Crippen molar-refractivity contribution in [1.82, 2.24) is 4.90 Å². The van der Waals surface area contributed by atoms with Gasteiger partial charge in [-0.05, 0) is 23.3 Å². The Labute approximate surface area is 163 Å². The summed E-state index contributed by atoms with van der Waals surface area (Å²) in [5.41, 5.74) is 7.20. The average Bonchev–Trinajstić information content (AvgIpc) is 2.67. The largest absolute Gasteiger partial charge is 0.482 e. The third-order valence-corrected chi connectivity index (χ3v) is 4.82. The fraction of sp³-hybridized carbons (Fsp3) is 0.350. The lowest BCUT2D eigenvalue weighted by atomic mass is 9.97. The number of carbonyl (C=O) groups excluding carboxylic acids is 1. The molecule has 7 heteroatoms. The summed E-state index contributed by atoms with van der Waals surface area (Å²) < 4.78 is 11.1. The second kappa shape index (κ2) is 9.19. The fourth-order valence-electron chi connectivity index (χ4n) is 3.34. The monoisotopic (exact) mass is 390 g/mol. The number of benzene rings is 2. The normalized spacial score (nSPS) is 20.4. The topological polar surface area (TPSA) is 85.0 Å². The van der Waals surface area contributed by atoms with Crippen LogP contribution in [-0.4, -0.2) is 48.4 Å². The Bertz CT molecular complexity index is 772. The standard InChI is InChI=1S/C20H23ClN2O4/c21-16-10-14(6-7-17(16)27-13-19(22)25)11-23-8-9-26-18(12-24)20(23)15-4-2-1-3-5-15/h1-7,10,18,20,24H,8-9,11-13H2,(H2,22,25)/t18-,20-/m1/s1. The van der Waals surface area contributed by atoms with Gasteiger partial charge in [-0.1, -0.05) is 48.0 Å². The van der Waals surface area contributed by atoms with Crippen LogP contribution in [0.1, 0.15) is 17.2 Å². The summed E-state index contributed by atoms with van der Waals surface area (Å²) in [6, 6.07) is 15.5. The maximum atomic E-state index is 10.9. The molecule has 2 aromatic carbocycles. The molecule has 1 fully saturated rings. The van der Waals surface area contributed by atoms with Gasteiger partial charge in [0.1, 0.15) is 11.9 Å². The molecule has 0 aliphatic carbocycles. The van der Waals surface area contributed by atoms with Gasteiger partial charge in [-0.25, -0.2) is 0 Å². The average molecular weight is 391 g/mol. The summed E-state index contributed by atoms with van der Waals surface area (Å²) in [7, 11) is 0. The van der Waals surface area contributed by atoms with Crippen LogP contribution in [0.25, 0.3) is 0 Å². The van der Waals surface area contributed by atoms with Gasteiger partial charge >= 0.3 is 0 Å². The van der Waals surface area contributed by atoms with Crippen LogP contribution in [0.2, 0.25) is 5.02 Å². The number of ether oxygens (including phenoxy) is 2. The maximum Gasteiger partial charge on any atom is 0.255 e. The Kier molecular flexibility index (Phi) is 6.68. The minimum atomic E-state index is -0.552. The lowest BCUT2D eigenvalue weighted by Gasteiger charge is -2.41. The fourth-order valence-corrected chi connectivity index (χ4v) is 3.59. The summed E-state index contributed by atoms with van der Waals surface area (Å²) in [5.74, 6) is -0.127. The van der Waals surface area contributed by atoms with Crippen LogP contribution in [0, 0.1) is 0 Å². The number of aliphatic hydroxyl groups excluding tert-OH is 1. The van der Waals surface area contributed by atoms with Crippen LogP contribution in [0.4, 0.5) is 0 Å². The predicted octanol–water partition coefficient (Wildman–Crippen LogP) is 2.14. The van der Waals surface area contributed by atoms with Crippen LogP contribution in [0.5, 0.6) is 5.75 Å². The summed E-state index contributed by atoms with van der Waals surface area (Å²) in [6.07, 6.45) is -0.283. The number of morpholine rings is 1. The highest BCUT2D eigenvalue weighted by Gasteiger charge is 2.33. The lowest BCUT2D eigenvalue weighted by molar-refractivity contribution is -0.119. The van der Waals surface area contributed by atoms with E-state index in [-0.39, 0.29) is 25.4 Å². The summed E-state index contributed by atoms with van der Waals surface area (Å²) in [6.45, 7) is 1.69. The second-order valence-corrected chi connectivity index (χ2v) is 6.84. The first-order valence-electron chi connectivity index (χ1n) is 8.79. The van der Waals surface area contributed by atoms with Gasteiger partial charge < -0.3 is 20.3 Å². The molecule has 6 nitrogen and oxygen atoms in total. The quantitative estimate of drug-likeness (QED) is 0.756. The molecule has 144 valence electrons. The Morgan fingerprint density at radius 1 is 1.30 bits per heavy atom. The third-order valence-electron chi connectivity index (χ3n) is 4.53. The van der Waals surface area contributed by atoms with Crippen molar-refractivity contribution in [3.8, 4) is 5.75 Å². The van der Waals surface area contributed by atoms with Crippen LogP contribution in [0.15, 0.2) is 48.5 Å². The number of primary amides is 1. The van der Waals surface area contributed by atoms with Gasteiger partial charge in [0.2, 0.25) is 0 Å². The van der Waals surface area contributed by atoms with Gasteiger partial charge in [0.05, 0.1) is 24.3 Å². The zero-order chi connectivity index (χ0) is 19.2. The van der Waals surface area contributed by atoms with E-state index in [1.54, 1.807) is 6.07 Å². The molecule has 1 amide bonds. The van der Waals surface area contributed by atoms with E-state index >= 15 is 0 Å². The number of nitrogens with two attached hydrogens (primary N) is 1. The molecule has 0 saturated carbocycles. The predicted molar refractivity (Wildman–Crippen MR) is 103 cm³/mol. The van der Waals surface area contributed by atoms with E-state index in [1.165, 1.54) is 0 Å². The van der Waals surface area contributed by atoms with E-state index in [1.807, 2.05) is 42.5 Å². The molecule has 1 aliphatic rings. The van der Waals surface area contributed by atoms with Crippen molar-refractivity contribution in [3.05, 3.63) is 64.7 Å². The summed E-state index contributed by atoms with van der Waals surface area (Å²) in [5, 5.41) is 10.2. The molecule has 2 atom stereocenters. The highest BCUT2D eigenvalue weighted by Crippen LogP contribution is 2.32. The van der Waals surface area contributed by atoms with Crippen molar-refractivity contribution >= 4 is 17.5 Å². The molecule has 3 N–H and O–H groups in total. The Morgan fingerprint density at radius 2 is 2.07 bits per heavy atom. The molecule has 1 saturated heterocycles. The van der Waals surface area contributed by atoms with E-state index < -0.39 is 5.91 Å². The number of hydrogen-bond acceptors (Lipinski definition) is 5. The molecular formula is C20H23ClN2O4. The maximum absolute atomic E-state index is 10.9. The summed E-state index contributed by atoms with van der Waals surface area (Å²) in [4.78, 5) is 13.1. The van der Waals surface area contributed by atoms with Gasteiger partial charge in [0, 0.05) is 13.1 Å². The van der Waals surface area contributed by atoms with Crippen molar-refractivity contribution in [3.63, 3.8) is 0 Å². The Balaban J connectivity index is 1.78. The third kappa shape index (κ3) is 4.99. The molecule has 2 aromatic rings. The first-order valence-corrected chi connectivity index (χ1v) is 9.17. The molecule has 0 bridgehead atoms. The molecule has 1 aliphatic heterocycles. The van der Waals surface area contributed by atoms with Gasteiger partial charge in [-0.3, -0.25) is 9.69 Å². The molecular weight excluding hydrogens is 368 g/mol. The first-order chi connectivity index (χ1) is 13.1. The van der Waals surface area contributed by atoms with Crippen LogP contribution >= 0.6 is 11.6 Å². The number of carbonyl (C=O) groups is 1. The molecule has 3 rings (SSSR count). The van der Waals surface area contributed by atoms with Crippen LogP contribution in [-0.2, 0) is 16.1 Å². The molecule has 27 heavy (non-hydrogen) atoms. The van der Waals surface area contributed by atoms with Crippen molar-refractivity contribution in [1.29, 1.82) is 0 Å². The first kappa shape index (κ1) is 19.6. The van der Waals surface area contributed by atoms with Crippen molar-refractivity contribution in [2.45, 2.75) is 18.7 Å². The minimum absolute atomic E-state index is 0.0449. The highest BCUT2D eigenvalue weighted by molar-refractivity contribution is 6.32. The number of aliphatic hydroxyl groups is 1. The zero-order valence-corrected chi connectivity index (χ0v) is 15.6. The number of nitrogens with zero attached hydrogens (tertiary/aromatic N) is 1.